The van der Waals surface area contributed by atoms with Crippen LogP contribution in [0.15, 0.2) is 60.4 Å². The average Bonchev–Trinajstić information content (AvgIpc) is 2.54. The largest absolute Gasteiger partial charge is 0.459 e. The zero-order valence-electron chi connectivity index (χ0n) is 11.2. The van der Waals surface area contributed by atoms with E-state index < -0.39 is 0 Å². The van der Waals surface area contributed by atoms with Gasteiger partial charge >= 0.3 is 0 Å². The van der Waals surface area contributed by atoms with Crippen molar-refractivity contribution < 1.29 is 9.47 Å². The summed E-state index contributed by atoms with van der Waals surface area (Å²) in [6.45, 7) is 0.754. The molecule has 1 unspecified atom stereocenters. The number of ether oxygens (including phenoxy) is 2. The van der Waals surface area contributed by atoms with Crippen molar-refractivity contribution >= 4 is 0 Å². The minimum Gasteiger partial charge on any atom is -0.459 e. The second-order valence-corrected chi connectivity index (χ2v) is 5.22. The fraction of sp³-hybridized carbons (Fsp3) is 0.222. The third-order valence-electron chi connectivity index (χ3n) is 3.98. The van der Waals surface area contributed by atoms with E-state index in [-0.39, 0.29) is 6.10 Å². The molecule has 0 saturated carbocycles. The zero-order chi connectivity index (χ0) is 13.4. The maximum Gasteiger partial charge on any atom is 0.140 e. The predicted molar refractivity (Wildman–Crippen MR) is 77.7 cm³/mol. The Labute approximate surface area is 118 Å². The Bertz CT molecular complexity index is 673. The van der Waals surface area contributed by atoms with E-state index in [0.29, 0.717) is 0 Å². The van der Waals surface area contributed by atoms with Crippen molar-refractivity contribution in [1.29, 1.82) is 0 Å². The predicted octanol–water partition coefficient (Wildman–Crippen LogP) is 3.82. The highest BCUT2D eigenvalue weighted by Crippen LogP contribution is 2.37. The lowest BCUT2D eigenvalue weighted by Gasteiger charge is -2.29. The molecule has 0 aromatic heterocycles. The van der Waals surface area contributed by atoms with E-state index >= 15 is 0 Å². The first kappa shape index (κ1) is 11.7. The quantitative estimate of drug-likeness (QED) is 0.779. The monoisotopic (exact) mass is 264 g/mol. The molecule has 2 aromatic carbocycles. The van der Waals surface area contributed by atoms with Crippen LogP contribution in [0.4, 0.5) is 0 Å². The first-order valence-electron chi connectivity index (χ1n) is 7.07. The topological polar surface area (TPSA) is 18.5 Å². The van der Waals surface area contributed by atoms with E-state index in [0.717, 1.165) is 31.0 Å². The van der Waals surface area contributed by atoms with E-state index in [4.69, 9.17) is 9.47 Å². The van der Waals surface area contributed by atoms with Gasteiger partial charge in [-0.3, -0.25) is 0 Å². The normalized spacial score (nSPS) is 20.4. The summed E-state index contributed by atoms with van der Waals surface area (Å²) in [6, 6.07) is 16.7. The molecule has 0 saturated heterocycles. The van der Waals surface area contributed by atoms with Crippen molar-refractivity contribution in [3.05, 3.63) is 77.1 Å². The van der Waals surface area contributed by atoms with E-state index in [1.54, 1.807) is 0 Å². The van der Waals surface area contributed by atoms with Gasteiger partial charge in [0.15, 0.2) is 0 Å². The fourth-order valence-corrected chi connectivity index (χ4v) is 2.94. The Kier molecular flexibility index (Phi) is 2.82. The molecule has 20 heavy (non-hydrogen) atoms. The number of allylic oxidation sites excluding steroid dienone is 1. The van der Waals surface area contributed by atoms with Gasteiger partial charge in [-0.05, 0) is 41.7 Å². The molecule has 0 fully saturated rings. The third-order valence-corrected chi connectivity index (χ3v) is 3.98. The lowest BCUT2D eigenvalue weighted by molar-refractivity contribution is 0.0418. The van der Waals surface area contributed by atoms with Crippen LogP contribution in [0.3, 0.4) is 0 Å². The van der Waals surface area contributed by atoms with Gasteiger partial charge in [-0.1, -0.05) is 42.5 Å². The molecule has 2 aliphatic heterocycles. The number of fused-ring (bicyclic) bond motifs is 2. The maximum absolute atomic E-state index is 6.06. The summed E-state index contributed by atoms with van der Waals surface area (Å²) in [6.07, 6.45) is 3.98. The number of benzene rings is 2. The molecule has 2 aromatic rings. The Morgan fingerprint density at radius 2 is 1.70 bits per heavy atom. The first-order valence-corrected chi connectivity index (χ1v) is 7.07. The van der Waals surface area contributed by atoms with Gasteiger partial charge in [0.25, 0.3) is 0 Å². The molecule has 2 heteroatoms. The summed E-state index contributed by atoms with van der Waals surface area (Å²) < 4.78 is 12.0. The Morgan fingerprint density at radius 3 is 2.65 bits per heavy atom. The molecule has 2 nitrogen and oxygen atoms in total. The minimum absolute atomic E-state index is 0.0618. The highest BCUT2D eigenvalue weighted by atomic mass is 16.5. The van der Waals surface area contributed by atoms with E-state index in [1.165, 1.54) is 16.7 Å². The van der Waals surface area contributed by atoms with Crippen molar-refractivity contribution in [1.82, 2.24) is 0 Å². The SMILES string of the molecule is C1=C(C2OCCc3ccccc32)Oc2ccccc2C1. The van der Waals surface area contributed by atoms with Gasteiger partial charge in [0.2, 0.25) is 0 Å². The van der Waals surface area contributed by atoms with Crippen LogP contribution < -0.4 is 4.74 Å². The number of para-hydroxylation sites is 1. The smallest absolute Gasteiger partial charge is 0.140 e. The lowest BCUT2D eigenvalue weighted by atomic mass is 9.95. The van der Waals surface area contributed by atoms with Gasteiger partial charge in [0, 0.05) is 0 Å². The molecule has 0 amide bonds. The lowest BCUT2D eigenvalue weighted by Crippen LogP contribution is -2.22. The molecular formula is C18H16O2. The van der Waals surface area contributed by atoms with Crippen LogP contribution >= 0.6 is 0 Å². The van der Waals surface area contributed by atoms with Crippen LogP contribution in [0.5, 0.6) is 5.75 Å². The van der Waals surface area contributed by atoms with Gasteiger partial charge in [-0.15, -0.1) is 0 Å². The molecule has 0 spiro atoms. The van der Waals surface area contributed by atoms with Gasteiger partial charge in [0.05, 0.1) is 6.61 Å². The van der Waals surface area contributed by atoms with Gasteiger partial charge < -0.3 is 9.47 Å². The molecule has 1 atom stereocenters. The van der Waals surface area contributed by atoms with Crippen molar-refractivity contribution in [2.45, 2.75) is 18.9 Å². The van der Waals surface area contributed by atoms with Crippen molar-refractivity contribution in [3.63, 3.8) is 0 Å². The summed E-state index contributed by atoms with van der Waals surface area (Å²) in [5.74, 6) is 1.88. The fourth-order valence-electron chi connectivity index (χ4n) is 2.94. The molecule has 0 radical (unpaired) electrons. The molecule has 2 heterocycles. The van der Waals surface area contributed by atoms with Crippen molar-refractivity contribution in [2.75, 3.05) is 6.61 Å². The van der Waals surface area contributed by atoms with Crippen LogP contribution in [0.1, 0.15) is 22.8 Å². The van der Waals surface area contributed by atoms with Crippen LogP contribution in [0, 0.1) is 0 Å². The van der Waals surface area contributed by atoms with E-state index in [1.807, 2.05) is 18.2 Å². The average molecular weight is 264 g/mol. The molecule has 0 N–H and O–H groups in total. The van der Waals surface area contributed by atoms with E-state index in [2.05, 4.69) is 36.4 Å². The molecule has 100 valence electrons. The highest BCUT2D eigenvalue weighted by molar-refractivity contribution is 5.42. The zero-order valence-corrected chi connectivity index (χ0v) is 11.2. The molecule has 4 rings (SSSR count). The molecule has 0 aliphatic carbocycles. The summed E-state index contributed by atoms with van der Waals surface area (Å²) in [4.78, 5) is 0. The Balaban J connectivity index is 1.69. The van der Waals surface area contributed by atoms with Crippen LogP contribution in [-0.4, -0.2) is 6.61 Å². The first-order chi connectivity index (χ1) is 9.92. The minimum atomic E-state index is -0.0618. The Hall–Kier alpha value is -2.06. The van der Waals surface area contributed by atoms with Crippen LogP contribution in [0.25, 0.3) is 0 Å². The van der Waals surface area contributed by atoms with Crippen molar-refractivity contribution in [2.24, 2.45) is 0 Å². The Morgan fingerprint density at radius 1 is 0.900 bits per heavy atom. The van der Waals surface area contributed by atoms with Gasteiger partial charge in [0.1, 0.15) is 17.6 Å². The third kappa shape index (κ3) is 1.93. The molecule has 2 aliphatic rings. The molecular weight excluding hydrogens is 248 g/mol. The summed E-state index contributed by atoms with van der Waals surface area (Å²) in [5.41, 5.74) is 3.84. The van der Waals surface area contributed by atoms with Gasteiger partial charge in [-0.2, -0.15) is 0 Å². The second-order valence-electron chi connectivity index (χ2n) is 5.22. The van der Waals surface area contributed by atoms with Crippen LogP contribution in [-0.2, 0) is 17.6 Å². The summed E-state index contributed by atoms with van der Waals surface area (Å²) in [7, 11) is 0. The van der Waals surface area contributed by atoms with Crippen molar-refractivity contribution in [3.8, 4) is 5.75 Å². The number of hydrogen-bond donors (Lipinski definition) is 0. The molecule has 0 bridgehead atoms. The standard InChI is InChI=1S/C18H16O2/c1-3-7-15-13(5-1)11-12-19-18(15)17-10-9-14-6-2-4-8-16(14)20-17/h1-8,10,18H,9,11-12H2. The number of rotatable bonds is 1. The summed E-state index contributed by atoms with van der Waals surface area (Å²) >= 11 is 0. The van der Waals surface area contributed by atoms with Gasteiger partial charge in [-0.25, -0.2) is 0 Å². The van der Waals surface area contributed by atoms with Crippen LogP contribution in [0.2, 0.25) is 0 Å². The highest BCUT2D eigenvalue weighted by Gasteiger charge is 2.27. The number of hydrogen-bond acceptors (Lipinski definition) is 2. The second kappa shape index (κ2) is 4.80. The summed E-state index contributed by atoms with van der Waals surface area (Å²) in [5, 5.41) is 0. The maximum atomic E-state index is 6.06. The van der Waals surface area contributed by atoms with E-state index in [9.17, 15) is 0 Å².